The maximum Gasteiger partial charge on any atom is 0.0815 e. The van der Waals surface area contributed by atoms with Gasteiger partial charge in [-0.2, -0.15) is 0 Å². The van der Waals surface area contributed by atoms with Gasteiger partial charge in [0.2, 0.25) is 0 Å². The van der Waals surface area contributed by atoms with Gasteiger partial charge in [0.15, 0.2) is 0 Å². The molecule has 0 unspecified atom stereocenters. The molecule has 1 aromatic carbocycles. The Bertz CT molecular complexity index is 198. The van der Waals surface area contributed by atoms with Gasteiger partial charge in [-0.15, -0.1) is 0 Å². The molecule has 0 amide bonds. The normalized spacial score (nSPS) is 10.5. The highest BCUT2D eigenvalue weighted by Crippen LogP contribution is 2.01. The summed E-state index contributed by atoms with van der Waals surface area (Å²) < 4.78 is 0. The molecule has 59 valence electrons. The number of hydrogen-bond acceptors (Lipinski definition) is 1. The van der Waals surface area contributed by atoms with Gasteiger partial charge < -0.3 is 5.11 Å². The molecule has 1 nitrogen and oxygen atoms in total. The number of benzene rings is 1. The van der Waals surface area contributed by atoms with E-state index in [1.807, 2.05) is 18.2 Å². The van der Waals surface area contributed by atoms with Crippen molar-refractivity contribution in [3.05, 3.63) is 35.9 Å². The summed E-state index contributed by atoms with van der Waals surface area (Å²) in [4.78, 5) is 0. The van der Waals surface area contributed by atoms with Crippen molar-refractivity contribution in [2.45, 2.75) is 12.6 Å². The lowest BCUT2D eigenvalue weighted by Gasteiger charge is -2.04. The van der Waals surface area contributed by atoms with Gasteiger partial charge in [-0.05, 0) is 6.04 Å². The summed E-state index contributed by atoms with van der Waals surface area (Å²) in [5.74, 6) is 0. The van der Waals surface area contributed by atoms with E-state index < -0.39 is 8.80 Å². The third-order valence-corrected chi connectivity index (χ3v) is 3.17. The molecule has 0 aliphatic heterocycles. The summed E-state index contributed by atoms with van der Waals surface area (Å²) in [6.45, 7) is 2.15. The van der Waals surface area contributed by atoms with Crippen LogP contribution in [0.1, 0.15) is 5.56 Å². The molecule has 11 heavy (non-hydrogen) atoms. The number of aliphatic hydroxyl groups excluding tert-OH is 1. The largest absolute Gasteiger partial charge is 0.400 e. The molecule has 1 N–H and O–H groups in total. The van der Waals surface area contributed by atoms with E-state index in [4.69, 9.17) is 5.11 Å². The minimum atomic E-state index is -0.526. The van der Waals surface area contributed by atoms with Crippen LogP contribution in [0.5, 0.6) is 0 Å². The molecule has 0 aliphatic carbocycles. The van der Waals surface area contributed by atoms with Crippen LogP contribution in [-0.2, 0) is 6.04 Å². The van der Waals surface area contributed by atoms with Gasteiger partial charge in [-0.1, -0.05) is 42.4 Å². The fourth-order valence-corrected chi connectivity index (χ4v) is 2.04. The molecular weight excluding hydrogens is 152 g/mol. The molecule has 0 atom stereocenters. The summed E-state index contributed by atoms with van der Waals surface area (Å²) >= 11 is 0. The monoisotopic (exact) mass is 165 g/mol. The first-order chi connectivity index (χ1) is 5.33. The SMILES string of the molecule is C[Si](CO)Cc1ccccc1. The van der Waals surface area contributed by atoms with Crippen LogP contribution in [0.2, 0.25) is 6.55 Å². The minimum Gasteiger partial charge on any atom is -0.400 e. The van der Waals surface area contributed by atoms with Crippen LogP contribution in [0, 0.1) is 0 Å². The van der Waals surface area contributed by atoms with Crippen LogP contribution in [0.25, 0.3) is 0 Å². The maximum absolute atomic E-state index is 8.84. The second-order valence-electron chi connectivity index (χ2n) is 2.78. The zero-order valence-corrected chi connectivity index (χ0v) is 7.75. The highest BCUT2D eigenvalue weighted by molar-refractivity contribution is 6.56. The van der Waals surface area contributed by atoms with Crippen LogP contribution in [-0.4, -0.2) is 20.1 Å². The third kappa shape index (κ3) is 2.86. The van der Waals surface area contributed by atoms with Crippen molar-refractivity contribution in [3.8, 4) is 0 Å². The van der Waals surface area contributed by atoms with Crippen molar-refractivity contribution in [3.63, 3.8) is 0 Å². The molecule has 0 aliphatic rings. The standard InChI is InChI=1S/C9H13OSi/c1-11(8-10)7-9-5-3-2-4-6-9/h2-6,10H,7-8H2,1H3. The Morgan fingerprint density at radius 1 is 1.27 bits per heavy atom. The molecular formula is C9H13OSi. The molecule has 0 spiro atoms. The van der Waals surface area contributed by atoms with E-state index in [1.165, 1.54) is 5.56 Å². The lowest BCUT2D eigenvalue weighted by atomic mass is 10.2. The molecule has 0 heterocycles. The first-order valence-corrected chi connectivity index (χ1v) is 6.20. The van der Waals surface area contributed by atoms with Crippen molar-refractivity contribution in [2.75, 3.05) is 6.23 Å². The smallest absolute Gasteiger partial charge is 0.0815 e. The number of rotatable bonds is 3. The Kier molecular flexibility index (Phi) is 3.33. The molecule has 0 aromatic heterocycles. The summed E-state index contributed by atoms with van der Waals surface area (Å²) in [6, 6.07) is 11.4. The highest BCUT2D eigenvalue weighted by atomic mass is 28.3. The molecule has 2 heteroatoms. The Hall–Kier alpha value is -0.603. The molecule has 0 saturated carbocycles. The van der Waals surface area contributed by atoms with Gasteiger partial charge in [0.05, 0.1) is 8.80 Å². The number of aliphatic hydroxyl groups is 1. The van der Waals surface area contributed by atoms with Gasteiger partial charge in [0.1, 0.15) is 0 Å². The molecule has 0 saturated heterocycles. The summed E-state index contributed by atoms with van der Waals surface area (Å²) in [5.41, 5.74) is 1.35. The highest BCUT2D eigenvalue weighted by Gasteiger charge is 2.02. The zero-order valence-electron chi connectivity index (χ0n) is 6.75. The van der Waals surface area contributed by atoms with Gasteiger partial charge in [0.25, 0.3) is 0 Å². The van der Waals surface area contributed by atoms with Gasteiger partial charge >= 0.3 is 0 Å². The maximum atomic E-state index is 8.84. The van der Waals surface area contributed by atoms with E-state index in [-0.39, 0.29) is 0 Å². The molecule has 1 aromatic rings. The first kappa shape index (κ1) is 8.49. The van der Waals surface area contributed by atoms with Crippen LogP contribution in [0.15, 0.2) is 30.3 Å². The van der Waals surface area contributed by atoms with Crippen LogP contribution in [0.4, 0.5) is 0 Å². The molecule has 1 rings (SSSR count). The predicted octanol–water partition coefficient (Wildman–Crippen LogP) is 1.42. The van der Waals surface area contributed by atoms with E-state index >= 15 is 0 Å². The zero-order chi connectivity index (χ0) is 8.10. The lowest BCUT2D eigenvalue weighted by molar-refractivity contribution is 0.362. The average Bonchev–Trinajstić information content (AvgIpc) is 2.06. The number of hydrogen-bond donors (Lipinski definition) is 1. The Morgan fingerprint density at radius 2 is 1.91 bits per heavy atom. The first-order valence-electron chi connectivity index (χ1n) is 3.79. The van der Waals surface area contributed by atoms with Crippen molar-refractivity contribution in [2.24, 2.45) is 0 Å². The second kappa shape index (κ2) is 4.31. The summed E-state index contributed by atoms with van der Waals surface area (Å²) in [6.07, 6.45) is 0.375. The van der Waals surface area contributed by atoms with E-state index in [0.29, 0.717) is 6.23 Å². The van der Waals surface area contributed by atoms with E-state index in [0.717, 1.165) is 6.04 Å². The van der Waals surface area contributed by atoms with Crippen molar-refractivity contribution >= 4 is 8.80 Å². The second-order valence-corrected chi connectivity index (χ2v) is 5.36. The average molecular weight is 165 g/mol. The van der Waals surface area contributed by atoms with Crippen LogP contribution >= 0.6 is 0 Å². The van der Waals surface area contributed by atoms with Gasteiger partial charge in [-0.3, -0.25) is 0 Å². The van der Waals surface area contributed by atoms with Crippen molar-refractivity contribution in [1.29, 1.82) is 0 Å². The van der Waals surface area contributed by atoms with Crippen molar-refractivity contribution in [1.82, 2.24) is 0 Å². The van der Waals surface area contributed by atoms with Gasteiger partial charge in [-0.25, -0.2) is 0 Å². The topological polar surface area (TPSA) is 20.2 Å². The van der Waals surface area contributed by atoms with Crippen LogP contribution in [0.3, 0.4) is 0 Å². The fourth-order valence-electron chi connectivity index (χ4n) is 1.00. The van der Waals surface area contributed by atoms with E-state index in [1.54, 1.807) is 0 Å². The molecule has 0 bridgehead atoms. The minimum absolute atomic E-state index is 0.375. The Balaban J connectivity index is 2.51. The Labute approximate surface area is 69.3 Å². The fraction of sp³-hybridized carbons (Fsp3) is 0.333. The molecule has 0 fully saturated rings. The summed E-state index contributed by atoms with van der Waals surface area (Å²) in [5, 5.41) is 8.84. The van der Waals surface area contributed by atoms with Gasteiger partial charge in [0, 0.05) is 6.23 Å². The van der Waals surface area contributed by atoms with Crippen LogP contribution < -0.4 is 0 Å². The Morgan fingerprint density at radius 3 is 2.45 bits per heavy atom. The summed E-state index contributed by atoms with van der Waals surface area (Å²) in [7, 11) is -0.526. The third-order valence-electron chi connectivity index (χ3n) is 1.62. The van der Waals surface area contributed by atoms with E-state index in [2.05, 4.69) is 18.7 Å². The predicted molar refractivity (Wildman–Crippen MR) is 48.8 cm³/mol. The van der Waals surface area contributed by atoms with E-state index in [9.17, 15) is 0 Å². The quantitative estimate of drug-likeness (QED) is 0.672. The lowest BCUT2D eigenvalue weighted by Crippen LogP contribution is -2.17. The van der Waals surface area contributed by atoms with Crippen molar-refractivity contribution < 1.29 is 5.11 Å². The molecule has 1 radical (unpaired) electrons.